The second kappa shape index (κ2) is 9.58. The summed E-state index contributed by atoms with van der Waals surface area (Å²) >= 11 is 0. The van der Waals surface area contributed by atoms with E-state index in [4.69, 9.17) is 5.10 Å². The van der Waals surface area contributed by atoms with Gasteiger partial charge in [0.1, 0.15) is 0 Å². The summed E-state index contributed by atoms with van der Waals surface area (Å²) in [6.45, 7) is 11.3. The molecular weight excluding hydrogens is 492 g/mol. The first-order chi connectivity index (χ1) is 17.5. The second-order valence-corrected chi connectivity index (χ2v) is 12.9. The Kier molecular flexibility index (Phi) is 6.72. The first-order valence-electron chi connectivity index (χ1n) is 13.4. The summed E-state index contributed by atoms with van der Waals surface area (Å²) in [7, 11) is -3.74. The molecule has 11 heteroatoms. The summed E-state index contributed by atoms with van der Waals surface area (Å²) in [4.78, 5) is 30.9. The Morgan fingerprint density at radius 2 is 1.81 bits per heavy atom. The summed E-state index contributed by atoms with van der Waals surface area (Å²) in [5, 5.41) is 5.59. The number of benzene rings is 1. The highest BCUT2D eigenvalue weighted by Crippen LogP contribution is 2.38. The van der Waals surface area contributed by atoms with Crippen LogP contribution in [0.5, 0.6) is 0 Å². The number of piperazine rings is 1. The van der Waals surface area contributed by atoms with Crippen molar-refractivity contribution in [3.8, 4) is 0 Å². The third kappa shape index (κ3) is 5.07. The van der Waals surface area contributed by atoms with Crippen LogP contribution in [0.1, 0.15) is 59.4 Å². The van der Waals surface area contributed by atoms with Crippen LogP contribution < -0.4 is 9.62 Å². The molecule has 37 heavy (non-hydrogen) atoms. The van der Waals surface area contributed by atoms with Gasteiger partial charge in [0.2, 0.25) is 21.8 Å². The number of sulfonamides is 1. The third-order valence-corrected chi connectivity index (χ3v) is 9.57. The lowest BCUT2D eigenvalue weighted by Gasteiger charge is -2.37. The van der Waals surface area contributed by atoms with E-state index in [2.05, 4.69) is 9.62 Å². The first-order valence-corrected chi connectivity index (χ1v) is 14.9. The van der Waals surface area contributed by atoms with Crippen molar-refractivity contribution in [3.05, 3.63) is 18.3 Å². The summed E-state index contributed by atoms with van der Waals surface area (Å²) < 4.78 is 31.7. The number of aromatic nitrogens is 2. The number of anilines is 1. The third-order valence-electron chi connectivity index (χ3n) is 7.95. The van der Waals surface area contributed by atoms with E-state index in [0.717, 1.165) is 35.9 Å². The molecule has 3 aliphatic rings. The lowest BCUT2D eigenvalue weighted by molar-refractivity contribution is -0.134. The molecule has 1 N–H and O–H groups in total. The van der Waals surface area contributed by atoms with Gasteiger partial charge in [0.25, 0.3) is 0 Å². The van der Waals surface area contributed by atoms with E-state index in [0.29, 0.717) is 45.7 Å². The van der Waals surface area contributed by atoms with Gasteiger partial charge in [0, 0.05) is 68.2 Å². The van der Waals surface area contributed by atoms with Gasteiger partial charge >= 0.3 is 0 Å². The van der Waals surface area contributed by atoms with Gasteiger partial charge in [-0.3, -0.25) is 14.3 Å². The van der Waals surface area contributed by atoms with Crippen LogP contribution in [0.15, 0.2) is 23.2 Å². The minimum atomic E-state index is -3.74. The Hall–Kier alpha value is -2.66. The zero-order valence-electron chi connectivity index (χ0n) is 22.2. The molecule has 2 aliphatic heterocycles. The molecule has 3 heterocycles. The first kappa shape index (κ1) is 26.0. The number of carbonyl (C=O) groups is 2. The van der Waals surface area contributed by atoms with Crippen molar-refractivity contribution >= 4 is 38.4 Å². The van der Waals surface area contributed by atoms with Crippen molar-refractivity contribution in [2.75, 3.05) is 44.2 Å². The molecule has 0 bridgehead atoms. The molecule has 1 aliphatic carbocycles. The molecule has 10 nitrogen and oxygen atoms in total. The van der Waals surface area contributed by atoms with Crippen molar-refractivity contribution in [1.82, 2.24) is 24.3 Å². The molecule has 3 fully saturated rings. The van der Waals surface area contributed by atoms with Gasteiger partial charge < -0.3 is 14.7 Å². The van der Waals surface area contributed by atoms with E-state index < -0.39 is 10.0 Å². The van der Waals surface area contributed by atoms with Gasteiger partial charge in [0.05, 0.1) is 22.7 Å². The Labute approximate surface area is 219 Å². The van der Waals surface area contributed by atoms with Crippen molar-refractivity contribution in [2.24, 2.45) is 5.92 Å². The molecule has 1 aromatic carbocycles. The monoisotopic (exact) mass is 530 g/mol. The zero-order valence-corrected chi connectivity index (χ0v) is 23.1. The number of rotatable bonds is 7. The SMILES string of the molecule is CCC(=O)N1CCC(n2ncc3c(N4CCN(C(=O)C(C)C)CC4)cc(S(=O)(=O)NC4(C)CC4)cc32)C1. The van der Waals surface area contributed by atoms with Gasteiger partial charge in [-0.05, 0) is 38.3 Å². The summed E-state index contributed by atoms with van der Waals surface area (Å²) in [6, 6.07) is 3.47. The maximum Gasteiger partial charge on any atom is 0.241 e. The number of amides is 2. The smallest absolute Gasteiger partial charge is 0.241 e. The Bertz CT molecular complexity index is 1310. The van der Waals surface area contributed by atoms with E-state index in [-0.39, 0.29) is 34.2 Å². The maximum atomic E-state index is 13.5. The predicted molar refractivity (Wildman–Crippen MR) is 142 cm³/mol. The molecular formula is C26H38N6O4S. The van der Waals surface area contributed by atoms with Crippen molar-refractivity contribution < 1.29 is 18.0 Å². The Morgan fingerprint density at radius 1 is 1.11 bits per heavy atom. The molecule has 1 atom stereocenters. The largest absolute Gasteiger partial charge is 0.367 e. The lowest BCUT2D eigenvalue weighted by Crippen LogP contribution is -2.50. The summed E-state index contributed by atoms with van der Waals surface area (Å²) in [6.07, 6.45) is 4.71. The van der Waals surface area contributed by atoms with Gasteiger partial charge in [-0.2, -0.15) is 5.10 Å². The quantitative estimate of drug-likeness (QED) is 0.589. The topological polar surface area (TPSA) is 108 Å². The number of hydrogen-bond acceptors (Lipinski definition) is 6. The van der Waals surface area contributed by atoms with Crippen LogP contribution in [-0.4, -0.2) is 84.6 Å². The van der Waals surface area contributed by atoms with E-state index in [1.54, 1.807) is 12.1 Å². The van der Waals surface area contributed by atoms with Crippen LogP contribution in [0, 0.1) is 5.92 Å². The Morgan fingerprint density at radius 3 is 2.43 bits per heavy atom. The number of nitrogens with one attached hydrogen (secondary N) is 1. The highest BCUT2D eigenvalue weighted by Gasteiger charge is 2.41. The standard InChI is InChI=1S/C26H38N6O4S/c1-5-24(33)31-9-6-19(17-31)32-23-15-20(37(35,36)28-26(4)7-8-26)14-22(21(23)16-27-32)29-10-12-30(13-11-29)25(34)18(2)3/h14-16,18-19,28H,5-13,17H2,1-4H3. The molecule has 1 saturated carbocycles. The van der Waals surface area contributed by atoms with Crippen LogP contribution in [0.25, 0.3) is 10.9 Å². The van der Waals surface area contributed by atoms with Crippen LogP contribution in [-0.2, 0) is 19.6 Å². The molecule has 2 saturated heterocycles. The molecule has 1 aromatic heterocycles. The number of fused-ring (bicyclic) bond motifs is 1. The fraction of sp³-hybridized carbons (Fsp3) is 0.654. The zero-order chi connectivity index (χ0) is 26.5. The Balaban J connectivity index is 1.51. The second-order valence-electron chi connectivity index (χ2n) is 11.2. The highest BCUT2D eigenvalue weighted by molar-refractivity contribution is 7.89. The molecule has 2 aromatic rings. The summed E-state index contributed by atoms with van der Waals surface area (Å²) in [5.41, 5.74) is 1.19. The van der Waals surface area contributed by atoms with Crippen LogP contribution in [0.2, 0.25) is 0 Å². The average molecular weight is 531 g/mol. The van der Waals surface area contributed by atoms with E-state index in [9.17, 15) is 18.0 Å². The van der Waals surface area contributed by atoms with Crippen molar-refractivity contribution in [3.63, 3.8) is 0 Å². The molecule has 0 radical (unpaired) electrons. The number of hydrogen-bond donors (Lipinski definition) is 1. The molecule has 5 rings (SSSR count). The highest BCUT2D eigenvalue weighted by atomic mass is 32.2. The fourth-order valence-corrected chi connectivity index (χ4v) is 6.91. The number of nitrogens with zero attached hydrogens (tertiary/aromatic N) is 5. The van der Waals surface area contributed by atoms with E-state index in [1.807, 2.05) is 48.4 Å². The van der Waals surface area contributed by atoms with Gasteiger partial charge in [0.15, 0.2) is 0 Å². The number of carbonyl (C=O) groups excluding carboxylic acids is 2. The van der Waals surface area contributed by atoms with Gasteiger partial charge in [-0.15, -0.1) is 0 Å². The fourth-order valence-electron chi connectivity index (χ4n) is 5.41. The van der Waals surface area contributed by atoms with Crippen LogP contribution in [0.3, 0.4) is 0 Å². The lowest BCUT2D eigenvalue weighted by atomic mass is 10.1. The molecule has 2 amide bonds. The van der Waals surface area contributed by atoms with Crippen molar-refractivity contribution in [2.45, 2.75) is 69.9 Å². The number of likely N-dealkylation sites (tertiary alicyclic amines) is 1. The summed E-state index contributed by atoms with van der Waals surface area (Å²) in [5.74, 6) is 0.215. The van der Waals surface area contributed by atoms with E-state index >= 15 is 0 Å². The van der Waals surface area contributed by atoms with Gasteiger partial charge in [-0.1, -0.05) is 20.8 Å². The van der Waals surface area contributed by atoms with Crippen molar-refractivity contribution in [1.29, 1.82) is 0 Å². The average Bonchev–Trinajstić information content (AvgIpc) is 3.25. The normalized spacial score (nSPS) is 21.8. The minimum Gasteiger partial charge on any atom is -0.367 e. The maximum absolute atomic E-state index is 13.5. The van der Waals surface area contributed by atoms with E-state index in [1.165, 1.54) is 0 Å². The van der Waals surface area contributed by atoms with Gasteiger partial charge in [-0.25, -0.2) is 13.1 Å². The minimum absolute atomic E-state index is 0.00627. The molecule has 0 spiro atoms. The van der Waals surface area contributed by atoms with Crippen LogP contribution in [0.4, 0.5) is 5.69 Å². The predicted octanol–water partition coefficient (Wildman–Crippen LogP) is 2.36. The van der Waals surface area contributed by atoms with Crippen LogP contribution >= 0.6 is 0 Å². The molecule has 202 valence electrons. The molecule has 1 unspecified atom stereocenters.